The van der Waals surface area contributed by atoms with Gasteiger partial charge in [-0.25, -0.2) is 0 Å². The summed E-state index contributed by atoms with van der Waals surface area (Å²) in [6.45, 7) is 4.87. The molecule has 1 atom stereocenters. The molecule has 0 spiro atoms. The van der Waals surface area contributed by atoms with E-state index in [-0.39, 0.29) is 5.54 Å². The van der Waals surface area contributed by atoms with E-state index in [1.807, 2.05) is 0 Å². The van der Waals surface area contributed by atoms with Gasteiger partial charge in [0.25, 0.3) is 0 Å². The third-order valence-electron chi connectivity index (χ3n) is 3.07. The van der Waals surface area contributed by atoms with Gasteiger partial charge in [0, 0.05) is 16.6 Å². The van der Waals surface area contributed by atoms with Crippen molar-refractivity contribution in [3.8, 4) is 0 Å². The minimum Gasteiger partial charge on any atom is -0.378 e. The third kappa shape index (κ3) is 3.30. The molecule has 1 aliphatic rings. The van der Waals surface area contributed by atoms with Crippen molar-refractivity contribution in [2.45, 2.75) is 25.3 Å². The first-order valence-corrected chi connectivity index (χ1v) is 6.54. The van der Waals surface area contributed by atoms with Crippen LogP contribution >= 0.6 is 15.9 Å². The quantitative estimate of drug-likeness (QED) is 0.921. The van der Waals surface area contributed by atoms with E-state index < -0.39 is 0 Å². The Bertz CT molecular complexity index is 348. The van der Waals surface area contributed by atoms with Crippen LogP contribution in [0.15, 0.2) is 28.7 Å². The lowest BCUT2D eigenvalue weighted by Crippen LogP contribution is -2.52. The van der Waals surface area contributed by atoms with Crippen molar-refractivity contribution in [1.29, 1.82) is 0 Å². The molecule has 1 aliphatic heterocycles. The molecule has 2 nitrogen and oxygen atoms in total. The Hall–Kier alpha value is -0.380. The molecule has 1 aromatic rings. The van der Waals surface area contributed by atoms with Crippen LogP contribution in [0, 0.1) is 0 Å². The molecule has 88 valence electrons. The monoisotopic (exact) mass is 283 g/mol. The SMILES string of the molecule is CC1(CCc2cccc(Br)c2)COCCN1. The van der Waals surface area contributed by atoms with Crippen LogP contribution in [0.5, 0.6) is 0 Å². The maximum atomic E-state index is 5.53. The summed E-state index contributed by atoms with van der Waals surface area (Å²) in [6, 6.07) is 8.52. The number of hydrogen-bond donors (Lipinski definition) is 1. The zero-order chi connectivity index (χ0) is 11.4. The van der Waals surface area contributed by atoms with Crippen LogP contribution in [-0.4, -0.2) is 25.3 Å². The van der Waals surface area contributed by atoms with E-state index in [4.69, 9.17) is 4.74 Å². The van der Waals surface area contributed by atoms with Crippen molar-refractivity contribution in [1.82, 2.24) is 5.32 Å². The van der Waals surface area contributed by atoms with E-state index in [1.165, 1.54) is 5.56 Å². The van der Waals surface area contributed by atoms with E-state index in [0.717, 1.165) is 37.1 Å². The molecule has 1 heterocycles. The van der Waals surface area contributed by atoms with E-state index in [0.29, 0.717) is 0 Å². The lowest BCUT2D eigenvalue weighted by molar-refractivity contribution is 0.0318. The Kier molecular flexibility index (Phi) is 4.00. The molecule has 0 radical (unpaired) electrons. The fraction of sp³-hybridized carbons (Fsp3) is 0.538. The predicted molar refractivity (Wildman–Crippen MR) is 69.7 cm³/mol. The van der Waals surface area contributed by atoms with E-state index in [1.54, 1.807) is 0 Å². The van der Waals surface area contributed by atoms with Crippen molar-refractivity contribution in [2.24, 2.45) is 0 Å². The van der Waals surface area contributed by atoms with Gasteiger partial charge in [-0.2, -0.15) is 0 Å². The molecule has 1 saturated heterocycles. The molecule has 1 aromatic carbocycles. The fourth-order valence-corrected chi connectivity index (χ4v) is 2.49. The summed E-state index contributed by atoms with van der Waals surface area (Å²) in [5, 5.41) is 3.54. The van der Waals surface area contributed by atoms with Crippen molar-refractivity contribution in [2.75, 3.05) is 19.8 Å². The van der Waals surface area contributed by atoms with Gasteiger partial charge >= 0.3 is 0 Å². The molecule has 1 N–H and O–H groups in total. The van der Waals surface area contributed by atoms with Gasteiger partial charge in [-0.3, -0.25) is 0 Å². The Morgan fingerprint density at radius 2 is 2.38 bits per heavy atom. The zero-order valence-corrected chi connectivity index (χ0v) is 11.2. The Morgan fingerprint density at radius 1 is 1.50 bits per heavy atom. The minimum atomic E-state index is 0.139. The van der Waals surface area contributed by atoms with Gasteiger partial charge in [0.1, 0.15) is 0 Å². The average Bonchev–Trinajstić information content (AvgIpc) is 2.28. The normalized spacial score (nSPS) is 25.6. The molecule has 0 aromatic heterocycles. The second-order valence-electron chi connectivity index (χ2n) is 4.67. The molecule has 0 bridgehead atoms. The topological polar surface area (TPSA) is 21.3 Å². The largest absolute Gasteiger partial charge is 0.378 e. The lowest BCUT2D eigenvalue weighted by atomic mass is 9.93. The summed E-state index contributed by atoms with van der Waals surface area (Å²) in [7, 11) is 0. The highest BCUT2D eigenvalue weighted by molar-refractivity contribution is 9.10. The highest BCUT2D eigenvalue weighted by Crippen LogP contribution is 2.19. The zero-order valence-electron chi connectivity index (χ0n) is 9.63. The summed E-state index contributed by atoms with van der Waals surface area (Å²) in [5.74, 6) is 0. The number of nitrogens with one attached hydrogen (secondary N) is 1. The molecule has 0 amide bonds. The van der Waals surface area contributed by atoms with E-state index in [9.17, 15) is 0 Å². The van der Waals surface area contributed by atoms with Gasteiger partial charge in [-0.05, 0) is 37.5 Å². The van der Waals surface area contributed by atoms with Crippen molar-refractivity contribution in [3.63, 3.8) is 0 Å². The second kappa shape index (κ2) is 5.30. The molecule has 1 unspecified atom stereocenters. The fourth-order valence-electron chi connectivity index (χ4n) is 2.05. The first-order chi connectivity index (χ1) is 7.68. The van der Waals surface area contributed by atoms with Gasteiger partial charge in [0.05, 0.1) is 13.2 Å². The van der Waals surface area contributed by atoms with Crippen LogP contribution in [0.2, 0.25) is 0 Å². The molecule has 1 fully saturated rings. The molecule has 2 rings (SSSR count). The van der Waals surface area contributed by atoms with Gasteiger partial charge in [-0.1, -0.05) is 28.1 Å². The van der Waals surface area contributed by atoms with Crippen LogP contribution < -0.4 is 5.32 Å². The minimum absolute atomic E-state index is 0.139. The van der Waals surface area contributed by atoms with Gasteiger partial charge < -0.3 is 10.1 Å². The Labute approximate surface area is 106 Å². The third-order valence-corrected chi connectivity index (χ3v) is 3.57. The number of benzene rings is 1. The number of aryl methyl sites for hydroxylation is 1. The van der Waals surface area contributed by atoms with Crippen LogP contribution in [0.3, 0.4) is 0 Å². The predicted octanol–water partition coefficient (Wildman–Crippen LogP) is 2.76. The molecule has 16 heavy (non-hydrogen) atoms. The second-order valence-corrected chi connectivity index (χ2v) is 5.59. The Balaban J connectivity index is 1.91. The number of rotatable bonds is 3. The molecule has 0 aliphatic carbocycles. The number of morpholine rings is 1. The number of hydrogen-bond acceptors (Lipinski definition) is 2. The van der Waals surface area contributed by atoms with Crippen LogP contribution in [0.1, 0.15) is 18.9 Å². The van der Waals surface area contributed by atoms with Gasteiger partial charge in [-0.15, -0.1) is 0 Å². The van der Waals surface area contributed by atoms with Crippen LogP contribution in [-0.2, 0) is 11.2 Å². The maximum Gasteiger partial charge on any atom is 0.0646 e. The summed E-state index contributed by atoms with van der Waals surface area (Å²) in [6.07, 6.45) is 2.20. The highest BCUT2D eigenvalue weighted by Gasteiger charge is 2.26. The molecule has 0 saturated carbocycles. The standard InChI is InChI=1S/C13H18BrNO/c1-13(10-16-8-7-15-13)6-5-11-3-2-4-12(14)9-11/h2-4,9,15H,5-8,10H2,1H3. The first-order valence-electron chi connectivity index (χ1n) is 5.75. The number of halogens is 1. The summed E-state index contributed by atoms with van der Waals surface area (Å²) < 4.78 is 6.68. The van der Waals surface area contributed by atoms with Gasteiger partial charge in [0.15, 0.2) is 0 Å². The first kappa shape index (κ1) is 12.1. The molecule has 3 heteroatoms. The number of ether oxygens (including phenoxy) is 1. The Morgan fingerprint density at radius 3 is 3.06 bits per heavy atom. The molecular weight excluding hydrogens is 266 g/mol. The van der Waals surface area contributed by atoms with E-state index in [2.05, 4.69) is 52.4 Å². The smallest absolute Gasteiger partial charge is 0.0646 e. The van der Waals surface area contributed by atoms with Crippen molar-refractivity contribution in [3.05, 3.63) is 34.3 Å². The lowest BCUT2D eigenvalue weighted by Gasteiger charge is -2.35. The van der Waals surface area contributed by atoms with Crippen LogP contribution in [0.4, 0.5) is 0 Å². The van der Waals surface area contributed by atoms with Gasteiger partial charge in [0.2, 0.25) is 0 Å². The summed E-state index contributed by atoms with van der Waals surface area (Å²) in [5.41, 5.74) is 1.52. The summed E-state index contributed by atoms with van der Waals surface area (Å²) in [4.78, 5) is 0. The summed E-state index contributed by atoms with van der Waals surface area (Å²) >= 11 is 3.50. The highest BCUT2D eigenvalue weighted by atomic mass is 79.9. The maximum absolute atomic E-state index is 5.53. The van der Waals surface area contributed by atoms with Crippen molar-refractivity contribution < 1.29 is 4.74 Å². The average molecular weight is 284 g/mol. The van der Waals surface area contributed by atoms with E-state index >= 15 is 0 Å². The van der Waals surface area contributed by atoms with Crippen LogP contribution in [0.25, 0.3) is 0 Å². The molecular formula is C13H18BrNO. The van der Waals surface area contributed by atoms with Crippen molar-refractivity contribution >= 4 is 15.9 Å².